The number of carbonyl (C=O) groups excluding carboxylic acids is 1. The standard InChI is InChI=1S/C18H21N3O2S/c1-11-3-2-4-14(7-11)17-20-21-18(23-17)24-10-16(22)19-15-9-12-5-6-13(15)8-12/h2-4,7,12-13,15H,5-6,8-10H2,1H3,(H,19,22)/t12-,13+,15+/m0/s1. The van der Waals surface area contributed by atoms with Crippen molar-refractivity contribution >= 4 is 17.7 Å². The first-order chi connectivity index (χ1) is 11.7. The maximum absolute atomic E-state index is 12.1. The number of aromatic nitrogens is 2. The molecule has 24 heavy (non-hydrogen) atoms. The molecule has 4 rings (SSSR count). The van der Waals surface area contributed by atoms with Crippen LogP contribution < -0.4 is 5.32 Å². The van der Waals surface area contributed by atoms with Crippen LogP contribution in [0.15, 0.2) is 33.9 Å². The molecule has 1 heterocycles. The fraction of sp³-hybridized carbons (Fsp3) is 0.500. The molecule has 1 amide bonds. The van der Waals surface area contributed by atoms with E-state index in [1.807, 2.05) is 31.2 Å². The second-order valence-corrected chi connectivity index (χ2v) is 7.81. The molecule has 0 radical (unpaired) electrons. The first-order valence-electron chi connectivity index (χ1n) is 8.50. The fourth-order valence-corrected chi connectivity index (χ4v) is 4.53. The number of hydrogen-bond donors (Lipinski definition) is 1. The van der Waals surface area contributed by atoms with E-state index in [4.69, 9.17) is 4.42 Å². The molecular weight excluding hydrogens is 322 g/mol. The van der Waals surface area contributed by atoms with Crippen LogP contribution in [0.4, 0.5) is 0 Å². The Hall–Kier alpha value is -1.82. The number of nitrogens with one attached hydrogen (secondary N) is 1. The molecular formula is C18H21N3O2S. The van der Waals surface area contributed by atoms with E-state index in [2.05, 4.69) is 15.5 Å². The number of fused-ring (bicyclic) bond motifs is 2. The molecule has 0 unspecified atom stereocenters. The molecule has 2 bridgehead atoms. The Kier molecular flexibility index (Phi) is 4.31. The first-order valence-corrected chi connectivity index (χ1v) is 9.48. The minimum absolute atomic E-state index is 0.0628. The third-order valence-corrected chi connectivity index (χ3v) is 5.90. The Morgan fingerprint density at radius 1 is 1.33 bits per heavy atom. The lowest BCUT2D eigenvalue weighted by atomic mass is 9.95. The van der Waals surface area contributed by atoms with Gasteiger partial charge in [0.05, 0.1) is 5.75 Å². The van der Waals surface area contributed by atoms with Crippen molar-refractivity contribution in [2.24, 2.45) is 11.8 Å². The predicted octanol–water partition coefficient (Wildman–Crippen LogP) is 3.44. The van der Waals surface area contributed by atoms with Crippen molar-refractivity contribution in [1.82, 2.24) is 15.5 Å². The number of nitrogens with zero attached hydrogens (tertiary/aromatic N) is 2. The lowest BCUT2D eigenvalue weighted by molar-refractivity contribution is -0.119. The summed E-state index contributed by atoms with van der Waals surface area (Å²) in [4.78, 5) is 12.1. The SMILES string of the molecule is Cc1cccc(-c2nnc(SCC(=O)N[C@@H]3C[C@H]4CC[C@@H]3C4)o2)c1. The van der Waals surface area contributed by atoms with Gasteiger partial charge in [-0.15, -0.1) is 10.2 Å². The van der Waals surface area contributed by atoms with E-state index in [0.717, 1.165) is 23.5 Å². The minimum Gasteiger partial charge on any atom is -0.411 e. The van der Waals surface area contributed by atoms with Crippen LogP contribution in [0, 0.1) is 18.8 Å². The van der Waals surface area contributed by atoms with Gasteiger partial charge in [-0.1, -0.05) is 35.9 Å². The van der Waals surface area contributed by atoms with Crippen LogP contribution in [0.5, 0.6) is 0 Å². The van der Waals surface area contributed by atoms with E-state index < -0.39 is 0 Å². The highest BCUT2D eigenvalue weighted by Gasteiger charge is 2.40. The molecule has 1 N–H and O–H groups in total. The van der Waals surface area contributed by atoms with E-state index in [1.165, 1.54) is 31.0 Å². The number of amides is 1. The molecule has 2 saturated carbocycles. The van der Waals surface area contributed by atoms with Crippen molar-refractivity contribution in [3.8, 4) is 11.5 Å². The van der Waals surface area contributed by atoms with E-state index in [0.29, 0.717) is 28.8 Å². The largest absolute Gasteiger partial charge is 0.411 e. The summed E-state index contributed by atoms with van der Waals surface area (Å²) in [6, 6.07) is 8.31. The molecule has 1 aromatic carbocycles. The average molecular weight is 343 g/mol. The van der Waals surface area contributed by atoms with Gasteiger partial charge in [0.15, 0.2) is 0 Å². The van der Waals surface area contributed by atoms with Crippen molar-refractivity contribution in [2.75, 3.05) is 5.75 Å². The first kappa shape index (κ1) is 15.7. The molecule has 126 valence electrons. The van der Waals surface area contributed by atoms with Crippen LogP contribution in [0.1, 0.15) is 31.2 Å². The van der Waals surface area contributed by atoms with Gasteiger partial charge in [0.25, 0.3) is 5.22 Å². The Balaban J connectivity index is 1.31. The van der Waals surface area contributed by atoms with Crippen LogP contribution in [0.25, 0.3) is 11.5 Å². The molecule has 0 aliphatic heterocycles. The number of carbonyl (C=O) groups is 1. The van der Waals surface area contributed by atoms with E-state index >= 15 is 0 Å². The highest BCUT2D eigenvalue weighted by molar-refractivity contribution is 7.99. The Morgan fingerprint density at radius 3 is 3.00 bits per heavy atom. The fourth-order valence-electron chi connectivity index (χ4n) is 3.96. The Labute approximate surface area is 145 Å². The van der Waals surface area contributed by atoms with Crippen molar-refractivity contribution in [3.63, 3.8) is 0 Å². The lowest BCUT2D eigenvalue weighted by Crippen LogP contribution is -2.39. The van der Waals surface area contributed by atoms with Gasteiger partial charge in [-0.2, -0.15) is 0 Å². The molecule has 0 spiro atoms. The highest BCUT2D eigenvalue weighted by Crippen LogP contribution is 2.44. The van der Waals surface area contributed by atoms with Crippen LogP contribution >= 0.6 is 11.8 Å². The van der Waals surface area contributed by atoms with Gasteiger partial charge in [0.1, 0.15) is 0 Å². The van der Waals surface area contributed by atoms with Crippen LogP contribution in [-0.4, -0.2) is 27.9 Å². The van der Waals surface area contributed by atoms with E-state index in [1.54, 1.807) is 0 Å². The number of hydrogen-bond acceptors (Lipinski definition) is 5. The van der Waals surface area contributed by atoms with Gasteiger partial charge in [-0.3, -0.25) is 4.79 Å². The molecule has 2 aliphatic carbocycles. The molecule has 5 nitrogen and oxygen atoms in total. The van der Waals surface area contributed by atoms with Gasteiger partial charge in [0, 0.05) is 11.6 Å². The minimum atomic E-state index is 0.0628. The molecule has 3 atom stereocenters. The molecule has 2 aliphatic rings. The maximum Gasteiger partial charge on any atom is 0.277 e. The molecule has 1 aromatic heterocycles. The topological polar surface area (TPSA) is 68.0 Å². The summed E-state index contributed by atoms with van der Waals surface area (Å²) in [5.74, 6) is 2.41. The van der Waals surface area contributed by atoms with Crippen molar-refractivity contribution < 1.29 is 9.21 Å². The van der Waals surface area contributed by atoms with Gasteiger partial charge >= 0.3 is 0 Å². The summed E-state index contributed by atoms with van der Waals surface area (Å²) in [6.07, 6.45) is 5.06. The Bertz CT molecular complexity index is 745. The maximum atomic E-state index is 12.1. The van der Waals surface area contributed by atoms with Gasteiger partial charge in [-0.25, -0.2) is 0 Å². The molecule has 6 heteroatoms. The number of aryl methyl sites for hydroxylation is 1. The van der Waals surface area contributed by atoms with Crippen LogP contribution in [0.3, 0.4) is 0 Å². The van der Waals surface area contributed by atoms with Crippen molar-refractivity contribution in [1.29, 1.82) is 0 Å². The second kappa shape index (κ2) is 6.59. The number of thioether (sulfide) groups is 1. The van der Waals surface area contributed by atoms with Crippen molar-refractivity contribution in [2.45, 2.75) is 43.9 Å². The quantitative estimate of drug-likeness (QED) is 0.842. The van der Waals surface area contributed by atoms with E-state index in [9.17, 15) is 4.79 Å². The zero-order valence-corrected chi connectivity index (χ0v) is 14.5. The van der Waals surface area contributed by atoms with Gasteiger partial charge in [-0.05, 0) is 50.2 Å². The Morgan fingerprint density at radius 2 is 2.25 bits per heavy atom. The predicted molar refractivity (Wildman–Crippen MR) is 92.6 cm³/mol. The summed E-state index contributed by atoms with van der Waals surface area (Å²) < 4.78 is 5.66. The van der Waals surface area contributed by atoms with Crippen LogP contribution in [0.2, 0.25) is 0 Å². The van der Waals surface area contributed by atoms with E-state index in [-0.39, 0.29) is 5.91 Å². The number of rotatable bonds is 5. The average Bonchev–Trinajstić information content (AvgIpc) is 3.29. The third kappa shape index (κ3) is 3.34. The van der Waals surface area contributed by atoms with Gasteiger partial charge in [0.2, 0.25) is 11.8 Å². The normalized spacial score (nSPS) is 25.1. The molecule has 2 fully saturated rings. The highest BCUT2D eigenvalue weighted by atomic mass is 32.2. The van der Waals surface area contributed by atoms with Gasteiger partial charge < -0.3 is 9.73 Å². The monoisotopic (exact) mass is 343 g/mol. The third-order valence-electron chi connectivity index (χ3n) is 5.08. The summed E-state index contributed by atoms with van der Waals surface area (Å²) in [5, 5.41) is 11.7. The molecule has 2 aromatic rings. The summed E-state index contributed by atoms with van der Waals surface area (Å²) in [5.41, 5.74) is 2.05. The lowest BCUT2D eigenvalue weighted by Gasteiger charge is -2.22. The second-order valence-electron chi connectivity index (χ2n) is 6.88. The summed E-state index contributed by atoms with van der Waals surface area (Å²) >= 11 is 1.30. The van der Waals surface area contributed by atoms with Crippen LogP contribution in [-0.2, 0) is 4.79 Å². The molecule has 0 saturated heterocycles. The smallest absolute Gasteiger partial charge is 0.277 e. The summed E-state index contributed by atoms with van der Waals surface area (Å²) in [6.45, 7) is 2.02. The zero-order valence-electron chi connectivity index (χ0n) is 13.7. The number of benzene rings is 1. The van der Waals surface area contributed by atoms with Crippen molar-refractivity contribution in [3.05, 3.63) is 29.8 Å². The zero-order chi connectivity index (χ0) is 16.5. The summed E-state index contributed by atoms with van der Waals surface area (Å²) in [7, 11) is 0.